The molecule has 0 radical (unpaired) electrons. The van der Waals surface area contributed by atoms with E-state index in [1.807, 2.05) is 0 Å². The van der Waals surface area contributed by atoms with Gasteiger partial charge in [-0.25, -0.2) is 0 Å². The molecule has 0 atom stereocenters. The number of benzene rings is 1. The molecule has 0 saturated carbocycles. The average Bonchev–Trinajstić information content (AvgIpc) is 2.28. The van der Waals surface area contributed by atoms with Gasteiger partial charge in [0.25, 0.3) is 0 Å². The third-order valence-corrected chi connectivity index (χ3v) is 2.45. The molecule has 2 aromatic heterocycles. The Morgan fingerprint density at radius 3 is 2.69 bits per heavy atom. The molecular weight excluding hydrogens is 206 g/mol. The SMILES string of the molecule is N=c1ccc2c(ccc3c(=O)ccoc32)o1. The van der Waals surface area contributed by atoms with Crippen molar-refractivity contribution < 1.29 is 8.83 Å². The molecule has 16 heavy (non-hydrogen) atoms. The summed E-state index contributed by atoms with van der Waals surface area (Å²) < 4.78 is 10.5. The molecule has 0 unspecified atom stereocenters. The fraction of sp³-hybridized carbons (Fsp3) is 0. The van der Waals surface area contributed by atoms with Gasteiger partial charge in [-0.15, -0.1) is 0 Å². The van der Waals surface area contributed by atoms with E-state index >= 15 is 0 Å². The lowest BCUT2D eigenvalue weighted by atomic mass is 10.1. The van der Waals surface area contributed by atoms with Gasteiger partial charge in [0, 0.05) is 12.1 Å². The monoisotopic (exact) mass is 213 g/mol. The standard InChI is InChI=1S/C12H7NO3/c13-11-4-2-8-10(16-11)3-1-7-9(14)5-6-15-12(7)8/h1-6,13H. The van der Waals surface area contributed by atoms with E-state index in [0.717, 1.165) is 0 Å². The van der Waals surface area contributed by atoms with E-state index in [2.05, 4.69) is 0 Å². The van der Waals surface area contributed by atoms with Gasteiger partial charge in [-0.2, -0.15) is 0 Å². The van der Waals surface area contributed by atoms with E-state index in [9.17, 15) is 4.79 Å². The van der Waals surface area contributed by atoms with Crippen molar-refractivity contribution in [2.45, 2.75) is 0 Å². The zero-order valence-electron chi connectivity index (χ0n) is 8.19. The van der Waals surface area contributed by atoms with Crippen LogP contribution in [0.4, 0.5) is 0 Å². The predicted molar refractivity (Wildman–Crippen MR) is 58.1 cm³/mol. The molecule has 0 amide bonds. The average molecular weight is 213 g/mol. The first-order chi connectivity index (χ1) is 7.75. The third-order valence-electron chi connectivity index (χ3n) is 2.45. The fourth-order valence-electron chi connectivity index (χ4n) is 1.71. The molecule has 4 heteroatoms. The van der Waals surface area contributed by atoms with Crippen LogP contribution in [0.2, 0.25) is 0 Å². The molecule has 78 valence electrons. The Labute approximate surface area is 89.3 Å². The number of hydrogen-bond acceptors (Lipinski definition) is 4. The van der Waals surface area contributed by atoms with Crippen molar-refractivity contribution in [3.8, 4) is 0 Å². The summed E-state index contributed by atoms with van der Waals surface area (Å²) in [5, 5.41) is 8.59. The Morgan fingerprint density at radius 1 is 1.00 bits per heavy atom. The third kappa shape index (κ3) is 1.16. The molecule has 2 heterocycles. The van der Waals surface area contributed by atoms with Gasteiger partial charge in [0.05, 0.1) is 17.0 Å². The largest absolute Gasteiger partial charge is 0.463 e. The predicted octanol–water partition coefficient (Wildman–Crippen LogP) is 2.02. The first kappa shape index (κ1) is 8.91. The summed E-state index contributed by atoms with van der Waals surface area (Å²) in [4.78, 5) is 11.6. The summed E-state index contributed by atoms with van der Waals surface area (Å²) in [5.41, 5.74) is 1.02. The van der Waals surface area contributed by atoms with E-state index < -0.39 is 0 Å². The number of nitrogens with one attached hydrogen (secondary N) is 1. The Morgan fingerprint density at radius 2 is 1.81 bits per heavy atom. The van der Waals surface area contributed by atoms with Crippen molar-refractivity contribution in [1.29, 1.82) is 5.41 Å². The molecule has 1 aromatic carbocycles. The Bertz CT molecular complexity index is 798. The highest BCUT2D eigenvalue weighted by atomic mass is 16.3. The Hall–Kier alpha value is -2.36. The van der Waals surface area contributed by atoms with Gasteiger partial charge in [-0.1, -0.05) is 0 Å². The summed E-state index contributed by atoms with van der Waals surface area (Å²) in [6, 6.07) is 7.93. The first-order valence-electron chi connectivity index (χ1n) is 4.75. The van der Waals surface area contributed by atoms with Crippen molar-refractivity contribution in [3.05, 3.63) is 52.4 Å². The van der Waals surface area contributed by atoms with E-state index in [0.29, 0.717) is 21.9 Å². The van der Waals surface area contributed by atoms with Gasteiger partial charge in [0.1, 0.15) is 11.2 Å². The number of hydrogen-bond donors (Lipinski definition) is 1. The number of fused-ring (bicyclic) bond motifs is 3. The molecule has 0 aliphatic heterocycles. The second-order valence-corrected chi connectivity index (χ2v) is 3.44. The van der Waals surface area contributed by atoms with Gasteiger partial charge < -0.3 is 8.83 Å². The van der Waals surface area contributed by atoms with Crippen molar-refractivity contribution >= 4 is 21.9 Å². The van der Waals surface area contributed by atoms with Crippen LogP contribution < -0.4 is 11.0 Å². The summed E-state index contributed by atoms with van der Waals surface area (Å²) in [6.07, 6.45) is 1.36. The minimum Gasteiger partial charge on any atom is -0.463 e. The molecule has 0 saturated heterocycles. The molecular formula is C12H7NO3. The summed E-state index contributed by atoms with van der Waals surface area (Å²) in [6.45, 7) is 0. The fourth-order valence-corrected chi connectivity index (χ4v) is 1.71. The second kappa shape index (κ2) is 3.06. The zero-order valence-corrected chi connectivity index (χ0v) is 8.19. The topological polar surface area (TPSA) is 67.2 Å². The molecule has 0 fully saturated rings. The van der Waals surface area contributed by atoms with Crippen molar-refractivity contribution in [2.75, 3.05) is 0 Å². The molecule has 0 aliphatic carbocycles. The molecule has 3 rings (SSSR count). The summed E-state index contributed by atoms with van der Waals surface area (Å²) in [7, 11) is 0. The van der Waals surface area contributed by atoms with Crippen molar-refractivity contribution in [3.63, 3.8) is 0 Å². The maximum atomic E-state index is 11.6. The van der Waals surface area contributed by atoms with Crippen LogP contribution in [0.5, 0.6) is 0 Å². The maximum Gasteiger partial charge on any atom is 0.211 e. The van der Waals surface area contributed by atoms with Crippen LogP contribution in [0.3, 0.4) is 0 Å². The van der Waals surface area contributed by atoms with Gasteiger partial charge in [-0.05, 0) is 18.2 Å². The lowest BCUT2D eigenvalue weighted by molar-refractivity contribution is 0.532. The van der Waals surface area contributed by atoms with Crippen LogP contribution in [0, 0.1) is 5.41 Å². The maximum absolute atomic E-state index is 11.6. The Kier molecular flexibility index (Phi) is 1.71. The highest BCUT2D eigenvalue weighted by Crippen LogP contribution is 2.21. The Balaban J connectivity index is 2.65. The van der Waals surface area contributed by atoms with Crippen molar-refractivity contribution in [2.24, 2.45) is 0 Å². The summed E-state index contributed by atoms with van der Waals surface area (Å²) in [5.74, 6) is 0. The molecule has 0 aliphatic rings. The van der Waals surface area contributed by atoms with E-state index in [1.54, 1.807) is 18.2 Å². The highest BCUT2D eigenvalue weighted by Gasteiger charge is 2.06. The van der Waals surface area contributed by atoms with E-state index in [-0.39, 0.29) is 11.0 Å². The lowest BCUT2D eigenvalue weighted by Crippen LogP contribution is -1.99. The van der Waals surface area contributed by atoms with Crippen LogP contribution in [0.1, 0.15) is 0 Å². The molecule has 0 bridgehead atoms. The minimum absolute atomic E-state index is 0.0742. The second-order valence-electron chi connectivity index (χ2n) is 3.44. The van der Waals surface area contributed by atoms with Crippen LogP contribution >= 0.6 is 0 Å². The normalized spacial score (nSPS) is 11.0. The minimum atomic E-state index is -0.0851. The van der Waals surface area contributed by atoms with Crippen LogP contribution in [0.25, 0.3) is 21.9 Å². The smallest absolute Gasteiger partial charge is 0.211 e. The zero-order chi connectivity index (χ0) is 11.1. The number of rotatable bonds is 0. The summed E-state index contributed by atoms with van der Waals surface area (Å²) >= 11 is 0. The highest BCUT2D eigenvalue weighted by molar-refractivity contribution is 6.01. The van der Waals surface area contributed by atoms with Crippen LogP contribution in [0.15, 0.2) is 50.2 Å². The van der Waals surface area contributed by atoms with E-state index in [1.165, 1.54) is 18.4 Å². The van der Waals surface area contributed by atoms with Crippen LogP contribution in [-0.2, 0) is 0 Å². The van der Waals surface area contributed by atoms with Gasteiger partial charge in [0.15, 0.2) is 5.43 Å². The molecule has 4 nitrogen and oxygen atoms in total. The van der Waals surface area contributed by atoms with Gasteiger partial charge in [0.2, 0.25) is 5.55 Å². The molecule has 0 spiro atoms. The first-order valence-corrected chi connectivity index (χ1v) is 4.75. The van der Waals surface area contributed by atoms with E-state index in [4.69, 9.17) is 14.2 Å². The van der Waals surface area contributed by atoms with Crippen LogP contribution in [-0.4, -0.2) is 0 Å². The lowest BCUT2D eigenvalue weighted by Gasteiger charge is -2.00. The molecule has 1 N–H and O–H groups in total. The molecule has 3 aromatic rings. The van der Waals surface area contributed by atoms with Crippen molar-refractivity contribution in [1.82, 2.24) is 0 Å². The van der Waals surface area contributed by atoms with Gasteiger partial charge >= 0.3 is 0 Å². The quantitative estimate of drug-likeness (QED) is 0.581. The van der Waals surface area contributed by atoms with Gasteiger partial charge in [-0.3, -0.25) is 10.2 Å².